The summed E-state index contributed by atoms with van der Waals surface area (Å²) in [7, 11) is -1.56. The number of carbonyl (C=O) groups excluding carboxylic acids is 1. The van der Waals surface area contributed by atoms with Crippen LogP contribution in [0.5, 0.6) is 0 Å². The van der Waals surface area contributed by atoms with Crippen LogP contribution in [0, 0.1) is 0 Å². The molecular weight excluding hydrogens is 242 g/mol. The van der Waals surface area contributed by atoms with Crippen LogP contribution < -0.4 is 4.90 Å². The number of anilines is 1. The lowest BCUT2D eigenvalue weighted by molar-refractivity contribution is 0.112. The quantitative estimate of drug-likeness (QED) is 0.560. The lowest BCUT2D eigenvalue weighted by Crippen LogP contribution is -2.23. The number of likely N-dealkylation sites (N-methyl/N-ethyl adjacent to an activating group) is 1. The first-order valence-electron chi connectivity index (χ1n) is 5.03. The molecule has 5 nitrogen and oxygen atoms in total. The second-order valence-electron chi connectivity index (χ2n) is 3.66. The fourth-order valence-electron chi connectivity index (χ4n) is 1.26. The molecule has 0 N–H and O–H groups in total. The lowest BCUT2D eigenvalue weighted by atomic mass is 10.2. The van der Waals surface area contributed by atoms with E-state index in [1.165, 1.54) is 0 Å². The van der Waals surface area contributed by atoms with Crippen LogP contribution >= 0.6 is 0 Å². The molecule has 0 aliphatic rings. The van der Waals surface area contributed by atoms with Crippen molar-refractivity contribution in [3.05, 3.63) is 29.8 Å². The highest BCUT2D eigenvalue weighted by molar-refractivity contribution is 7.85. The minimum Gasteiger partial charge on any atom is -0.372 e. The van der Waals surface area contributed by atoms with E-state index >= 15 is 0 Å². The zero-order valence-corrected chi connectivity index (χ0v) is 10.6. The molecule has 0 unspecified atom stereocenters. The molecular formula is C11H15NO4S. The van der Waals surface area contributed by atoms with Gasteiger partial charge in [0, 0.05) is 24.8 Å². The zero-order valence-electron chi connectivity index (χ0n) is 9.79. The largest absolute Gasteiger partial charge is 0.372 e. The van der Waals surface area contributed by atoms with Gasteiger partial charge in [-0.15, -0.1) is 0 Å². The Morgan fingerprint density at radius 2 is 1.88 bits per heavy atom. The van der Waals surface area contributed by atoms with Crippen molar-refractivity contribution >= 4 is 22.1 Å². The highest BCUT2D eigenvalue weighted by atomic mass is 32.2. The first-order valence-corrected chi connectivity index (χ1v) is 6.85. The van der Waals surface area contributed by atoms with Gasteiger partial charge >= 0.3 is 0 Å². The second-order valence-corrected chi connectivity index (χ2v) is 5.30. The minimum absolute atomic E-state index is 0.102. The number of hydrogen-bond donors (Lipinski definition) is 0. The SMILES string of the molecule is CN(CCOS(C)(=O)=O)c1ccc(C=O)cc1. The molecule has 0 saturated heterocycles. The van der Waals surface area contributed by atoms with Gasteiger partial charge < -0.3 is 4.90 Å². The lowest BCUT2D eigenvalue weighted by Gasteiger charge is -2.18. The van der Waals surface area contributed by atoms with Gasteiger partial charge in [0.05, 0.1) is 12.9 Å². The number of hydrogen-bond acceptors (Lipinski definition) is 5. The van der Waals surface area contributed by atoms with Crippen LogP contribution in [0.3, 0.4) is 0 Å². The third-order valence-corrected chi connectivity index (χ3v) is 2.79. The Balaban J connectivity index is 2.52. The van der Waals surface area contributed by atoms with Crippen molar-refractivity contribution in [2.24, 2.45) is 0 Å². The number of nitrogens with zero attached hydrogens (tertiary/aromatic N) is 1. The molecule has 0 atom stereocenters. The second kappa shape index (κ2) is 5.79. The third-order valence-electron chi connectivity index (χ3n) is 2.19. The van der Waals surface area contributed by atoms with Crippen LogP contribution in [-0.4, -0.2) is 41.2 Å². The number of aldehydes is 1. The molecule has 0 saturated carbocycles. The van der Waals surface area contributed by atoms with Crippen molar-refractivity contribution in [2.45, 2.75) is 0 Å². The van der Waals surface area contributed by atoms with Gasteiger partial charge in [0.25, 0.3) is 10.1 Å². The van der Waals surface area contributed by atoms with Gasteiger partial charge in [0.1, 0.15) is 6.29 Å². The molecule has 1 aromatic carbocycles. The molecule has 0 heterocycles. The molecule has 0 spiro atoms. The summed E-state index contributed by atoms with van der Waals surface area (Å²) in [4.78, 5) is 12.3. The zero-order chi connectivity index (χ0) is 12.9. The maximum Gasteiger partial charge on any atom is 0.264 e. The van der Waals surface area contributed by atoms with Crippen LogP contribution in [0.4, 0.5) is 5.69 Å². The van der Waals surface area contributed by atoms with E-state index in [4.69, 9.17) is 0 Å². The number of carbonyl (C=O) groups is 1. The van der Waals surface area contributed by atoms with Gasteiger partial charge in [-0.3, -0.25) is 8.98 Å². The molecule has 17 heavy (non-hydrogen) atoms. The normalized spacial score (nSPS) is 11.2. The van der Waals surface area contributed by atoms with E-state index < -0.39 is 10.1 Å². The Morgan fingerprint density at radius 1 is 1.29 bits per heavy atom. The Morgan fingerprint density at radius 3 is 2.35 bits per heavy atom. The summed E-state index contributed by atoms with van der Waals surface area (Å²) in [6.45, 7) is 0.554. The summed E-state index contributed by atoms with van der Waals surface area (Å²) in [5.41, 5.74) is 1.50. The number of benzene rings is 1. The maximum absolute atomic E-state index is 10.8. The van der Waals surface area contributed by atoms with Crippen LogP contribution in [0.2, 0.25) is 0 Å². The van der Waals surface area contributed by atoms with Crippen molar-refractivity contribution in [1.82, 2.24) is 0 Å². The molecule has 0 aliphatic carbocycles. The summed E-state index contributed by atoms with van der Waals surface area (Å²) < 4.78 is 26.1. The van der Waals surface area contributed by atoms with E-state index in [1.54, 1.807) is 24.3 Å². The highest BCUT2D eigenvalue weighted by Gasteiger charge is 2.04. The van der Waals surface area contributed by atoms with Crippen LogP contribution in [-0.2, 0) is 14.3 Å². The molecule has 0 amide bonds. The van der Waals surface area contributed by atoms with Gasteiger partial charge in [0.15, 0.2) is 0 Å². The molecule has 0 fully saturated rings. The molecule has 1 aromatic rings. The van der Waals surface area contributed by atoms with Crippen LogP contribution in [0.15, 0.2) is 24.3 Å². The van der Waals surface area contributed by atoms with Gasteiger partial charge in [-0.1, -0.05) is 0 Å². The Labute approximate surface area is 101 Å². The van der Waals surface area contributed by atoms with E-state index in [2.05, 4.69) is 4.18 Å². The molecule has 0 bridgehead atoms. The average Bonchev–Trinajstić information content (AvgIpc) is 2.27. The van der Waals surface area contributed by atoms with Crippen LogP contribution in [0.25, 0.3) is 0 Å². The standard InChI is InChI=1S/C11H15NO4S/c1-12(7-8-16-17(2,14)15)11-5-3-10(9-13)4-6-11/h3-6,9H,7-8H2,1-2H3. The first kappa shape index (κ1) is 13.7. The van der Waals surface area contributed by atoms with Gasteiger partial charge in [-0.05, 0) is 24.3 Å². The molecule has 0 aromatic heterocycles. The molecule has 94 valence electrons. The van der Waals surface area contributed by atoms with Gasteiger partial charge in [-0.2, -0.15) is 8.42 Å². The third kappa shape index (κ3) is 4.97. The van der Waals surface area contributed by atoms with Crippen molar-refractivity contribution in [1.29, 1.82) is 0 Å². The number of rotatable bonds is 6. The molecule has 6 heteroatoms. The molecule has 0 radical (unpaired) electrons. The Bertz CT molecular complexity index is 467. The molecule has 0 aliphatic heterocycles. The fourth-order valence-corrected chi connectivity index (χ4v) is 1.64. The van der Waals surface area contributed by atoms with Gasteiger partial charge in [0.2, 0.25) is 0 Å². The maximum atomic E-state index is 10.8. The van der Waals surface area contributed by atoms with Crippen molar-refractivity contribution in [2.75, 3.05) is 31.4 Å². The summed E-state index contributed by atoms with van der Waals surface area (Å²) >= 11 is 0. The Hall–Kier alpha value is -1.40. The Kier molecular flexibility index (Phi) is 4.65. The summed E-state index contributed by atoms with van der Waals surface area (Å²) in [6, 6.07) is 7.00. The topological polar surface area (TPSA) is 63.7 Å². The summed E-state index contributed by atoms with van der Waals surface area (Å²) in [5.74, 6) is 0. The highest BCUT2D eigenvalue weighted by Crippen LogP contribution is 2.12. The predicted octanol–water partition coefficient (Wildman–Crippen LogP) is 0.912. The van der Waals surface area contributed by atoms with Crippen molar-refractivity contribution in [3.8, 4) is 0 Å². The minimum atomic E-state index is -3.39. The summed E-state index contributed by atoms with van der Waals surface area (Å²) in [5, 5.41) is 0. The predicted molar refractivity (Wildman–Crippen MR) is 65.9 cm³/mol. The van der Waals surface area contributed by atoms with E-state index in [9.17, 15) is 13.2 Å². The summed E-state index contributed by atoms with van der Waals surface area (Å²) in [6.07, 6.45) is 1.79. The average molecular weight is 257 g/mol. The van der Waals surface area contributed by atoms with E-state index in [-0.39, 0.29) is 6.61 Å². The molecule has 1 rings (SSSR count). The van der Waals surface area contributed by atoms with E-state index in [0.717, 1.165) is 18.2 Å². The monoisotopic (exact) mass is 257 g/mol. The first-order chi connectivity index (χ1) is 7.92. The van der Waals surface area contributed by atoms with E-state index in [0.29, 0.717) is 12.1 Å². The van der Waals surface area contributed by atoms with E-state index in [1.807, 2.05) is 11.9 Å². The van der Waals surface area contributed by atoms with Crippen molar-refractivity contribution < 1.29 is 17.4 Å². The smallest absolute Gasteiger partial charge is 0.264 e. The van der Waals surface area contributed by atoms with Gasteiger partial charge in [-0.25, -0.2) is 0 Å². The van der Waals surface area contributed by atoms with Crippen LogP contribution in [0.1, 0.15) is 10.4 Å². The van der Waals surface area contributed by atoms with Crippen molar-refractivity contribution in [3.63, 3.8) is 0 Å². The fraction of sp³-hybridized carbons (Fsp3) is 0.364.